The van der Waals surface area contributed by atoms with Crippen molar-refractivity contribution in [1.82, 2.24) is 0 Å². The minimum absolute atomic E-state index is 0.0167. The van der Waals surface area contributed by atoms with E-state index in [9.17, 15) is 4.79 Å². The predicted octanol–water partition coefficient (Wildman–Crippen LogP) is 3.71. The average Bonchev–Trinajstić information content (AvgIpc) is 2.55. The highest BCUT2D eigenvalue weighted by Crippen LogP contribution is 2.36. The number of rotatable bonds is 5. The Morgan fingerprint density at radius 1 is 1.21 bits per heavy atom. The first-order chi connectivity index (χ1) is 11.6. The topological polar surface area (TPSA) is 55.6 Å². The lowest BCUT2D eigenvalue weighted by molar-refractivity contribution is -0.126. The highest BCUT2D eigenvalue weighted by molar-refractivity contribution is 6.00. The summed E-state index contributed by atoms with van der Waals surface area (Å²) in [6.07, 6.45) is 2.08. The van der Waals surface area contributed by atoms with Gasteiger partial charge in [-0.25, -0.2) is 0 Å². The summed E-state index contributed by atoms with van der Waals surface area (Å²) in [5.74, 6) is 0.751. The number of unbranched alkanes of at least 4 members (excludes halogenated alkanes) is 1. The van der Waals surface area contributed by atoms with Gasteiger partial charge in [0.15, 0.2) is 6.10 Å². The number of carbonyl (C=O) groups is 1. The van der Waals surface area contributed by atoms with Gasteiger partial charge in [-0.15, -0.1) is 0 Å². The zero-order valence-corrected chi connectivity index (χ0v) is 14.3. The second-order valence-electron chi connectivity index (χ2n) is 6.37. The van der Waals surface area contributed by atoms with Crippen molar-refractivity contribution < 1.29 is 9.53 Å². The molecule has 2 N–H and O–H groups in total. The van der Waals surface area contributed by atoms with Gasteiger partial charge >= 0.3 is 0 Å². The van der Waals surface area contributed by atoms with Crippen LogP contribution < -0.4 is 15.4 Å². The van der Waals surface area contributed by atoms with Crippen LogP contribution >= 0.6 is 0 Å². The Balaban J connectivity index is 1.89. The third-order valence-corrected chi connectivity index (χ3v) is 4.32. The molecule has 0 aliphatic carbocycles. The lowest BCUT2D eigenvalue weighted by atomic mass is 10.0. The number of nitrogen functional groups attached to an aromatic ring is 1. The van der Waals surface area contributed by atoms with Crippen LogP contribution in [0.5, 0.6) is 5.75 Å². The molecule has 2 aromatic carbocycles. The van der Waals surface area contributed by atoms with Gasteiger partial charge in [-0.2, -0.15) is 0 Å². The van der Waals surface area contributed by atoms with Gasteiger partial charge in [0.1, 0.15) is 5.75 Å². The average molecular weight is 324 g/mol. The molecule has 1 atom stereocenters. The number of hydrogen-bond donors (Lipinski definition) is 1. The molecule has 0 saturated carbocycles. The van der Waals surface area contributed by atoms with Crippen LogP contribution in [-0.4, -0.2) is 18.6 Å². The fraction of sp³-hybridized carbons (Fsp3) is 0.350. The molecule has 2 aromatic rings. The van der Waals surface area contributed by atoms with Crippen LogP contribution in [0, 0.1) is 6.92 Å². The van der Waals surface area contributed by atoms with Crippen molar-refractivity contribution in [3.8, 4) is 5.75 Å². The zero-order valence-electron chi connectivity index (χ0n) is 14.3. The molecule has 1 unspecified atom stereocenters. The van der Waals surface area contributed by atoms with Crippen molar-refractivity contribution in [1.29, 1.82) is 0 Å². The number of fused-ring (bicyclic) bond motifs is 1. The van der Waals surface area contributed by atoms with Crippen molar-refractivity contribution in [2.45, 2.75) is 39.2 Å². The quantitative estimate of drug-likeness (QED) is 0.853. The molecule has 0 fully saturated rings. The van der Waals surface area contributed by atoms with Crippen LogP contribution in [0.25, 0.3) is 0 Å². The molecule has 0 spiro atoms. The second-order valence-corrected chi connectivity index (χ2v) is 6.37. The molecule has 0 radical (unpaired) electrons. The third-order valence-electron chi connectivity index (χ3n) is 4.32. The number of nitrogens with zero attached hydrogens (tertiary/aromatic N) is 1. The number of aryl methyl sites for hydroxylation is 1. The summed E-state index contributed by atoms with van der Waals surface area (Å²) in [5.41, 5.74) is 9.63. The van der Waals surface area contributed by atoms with Gasteiger partial charge in [0.25, 0.3) is 5.91 Å². The fourth-order valence-electron chi connectivity index (χ4n) is 3.07. The van der Waals surface area contributed by atoms with E-state index in [0.717, 1.165) is 29.8 Å². The van der Waals surface area contributed by atoms with Gasteiger partial charge in [0.05, 0.1) is 5.69 Å². The third kappa shape index (κ3) is 3.37. The van der Waals surface area contributed by atoms with Crippen LogP contribution in [-0.2, 0) is 11.2 Å². The number of ether oxygens (including phenoxy) is 1. The smallest absolute Gasteiger partial charge is 0.268 e. The Kier molecular flexibility index (Phi) is 4.74. The van der Waals surface area contributed by atoms with Crippen molar-refractivity contribution >= 4 is 17.3 Å². The fourth-order valence-corrected chi connectivity index (χ4v) is 3.07. The van der Waals surface area contributed by atoms with E-state index in [2.05, 4.69) is 26.0 Å². The summed E-state index contributed by atoms with van der Waals surface area (Å²) < 4.78 is 6.01. The minimum Gasteiger partial charge on any atom is -0.478 e. The molecule has 1 aliphatic heterocycles. The molecular formula is C20H24N2O2. The van der Waals surface area contributed by atoms with E-state index in [-0.39, 0.29) is 5.91 Å². The van der Waals surface area contributed by atoms with Crippen molar-refractivity contribution in [2.75, 3.05) is 17.2 Å². The Morgan fingerprint density at radius 2 is 2.04 bits per heavy atom. The number of anilines is 2. The molecule has 3 rings (SSSR count). The van der Waals surface area contributed by atoms with Crippen molar-refractivity contribution in [2.24, 2.45) is 0 Å². The van der Waals surface area contributed by atoms with Crippen LogP contribution in [0.3, 0.4) is 0 Å². The van der Waals surface area contributed by atoms with Crippen LogP contribution in [0.2, 0.25) is 0 Å². The number of nitrogens with two attached hydrogens (primary N) is 1. The van der Waals surface area contributed by atoms with E-state index in [4.69, 9.17) is 10.5 Å². The highest BCUT2D eigenvalue weighted by atomic mass is 16.5. The van der Waals surface area contributed by atoms with Gasteiger partial charge in [-0.1, -0.05) is 43.2 Å². The predicted molar refractivity (Wildman–Crippen MR) is 97.4 cm³/mol. The van der Waals surface area contributed by atoms with Crippen LogP contribution in [0.15, 0.2) is 42.5 Å². The zero-order chi connectivity index (χ0) is 17.1. The van der Waals surface area contributed by atoms with Crippen LogP contribution in [0.1, 0.15) is 30.9 Å². The maximum atomic E-state index is 13.0. The summed E-state index contributed by atoms with van der Waals surface area (Å²) >= 11 is 0. The molecule has 4 heteroatoms. The Labute approximate surface area is 143 Å². The summed E-state index contributed by atoms with van der Waals surface area (Å²) in [6, 6.07) is 13.7. The largest absolute Gasteiger partial charge is 0.478 e. The van der Waals surface area contributed by atoms with Gasteiger partial charge < -0.3 is 15.4 Å². The standard InChI is InChI=1S/C20H24N2O2/c1-3-4-10-22-17-13-16(21)8-9-18(17)24-19(20(22)23)12-15-7-5-6-14(2)11-15/h5-9,11,13,19H,3-4,10,12,21H2,1-2H3. The molecule has 24 heavy (non-hydrogen) atoms. The second kappa shape index (κ2) is 6.95. The molecule has 1 amide bonds. The minimum atomic E-state index is -0.486. The van der Waals surface area contributed by atoms with Gasteiger partial charge in [-0.3, -0.25) is 4.79 Å². The van der Waals surface area contributed by atoms with Gasteiger partial charge in [-0.05, 0) is 37.1 Å². The number of hydrogen-bond acceptors (Lipinski definition) is 3. The van der Waals surface area contributed by atoms with E-state index in [1.807, 2.05) is 35.2 Å². The molecule has 0 bridgehead atoms. The molecular weight excluding hydrogens is 300 g/mol. The Hall–Kier alpha value is -2.49. The van der Waals surface area contributed by atoms with Crippen LogP contribution in [0.4, 0.5) is 11.4 Å². The number of amides is 1. The summed E-state index contributed by atoms with van der Waals surface area (Å²) in [5, 5.41) is 0. The number of benzene rings is 2. The first-order valence-electron chi connectivity index (χ1n) is 8.51. The first kappa shape index (κ1) is 16.4. The summed E-state index contributed by atoms with van der Waals surface area (Å²) in [7, 11) is 0. The maximum Gasteiger partial charge on any atom is 0.268 e. The van der Waals surface area contributed by atoms with E-state index in [0.29, 0.717) is 18.7 Å². The van der Waals surface area contributed by atoms with Gasteiger partial charge in [0, 0.05) is 18.7 Å². The first-order valence-corrected chi connectivity index (χ1v) is 8.51. The molecule has 0 aromatic heterocycles. The molecule has 1 aliphatic rings. The molecule has 0 saturated heterocycles. The Bertz CT molecular complexity index is 742. The summed E-state index contributed by atoms with van der Waals surface area (Å²) in [4.78, 5) is 14.8. The molecule has 1 heterocycles. The molecule has 126 valence electrons. The highest BCUT2D eigenvalue weighted by Gasteiger charge is 2.34. The summed E-state index contributed by atoms with van der Waals surface area (Å²) in [6.45, 7) is 4.87. The van der Waals surface area contributed by atoms with Crippen molar-refractivity contribution in [3.05, 3.63) is 53.6 Å². The lowest BCUT2D eigenvalue weighted by Gasteiger charge is -2.34. The van der Waals surface area contributed by atoms with E-state index in [1.165, 1.54) is 5.56 Å². The molecule has 4 nitrogen and oxygen atoms in total. The van der Waals surface area contributed by atoms with E-state index >= 15 is 0 Å². The Morgan fingerprint density at radius 3 is 2.79 bits per heavy atom. The van der Waals surface area contributed by atoms with Crippen molar-refractivity contribution in [3.63, 3.8) is 0 Å². The SMILES string of the molecule is CCCCN1C(=O)C(Cc2cccc(C)c2)Oc2ccc(N)cc21. The normalized spacial score (nSPS) is 16.7. The maximum absolute atomic E-state index is 13.0. The van der Waals surface area contributed by atoms with E-state index < -0.39 is 6.10 Å². The van der Waals surface area contributed by atoms with E-state index in [1.54, 1.807) is 0 Å². The lowest BCUT2D eigenvalue weighted by Crippen LogP contribution is -2.47. The monoisotopic (exact) mass is 324 g/mol. The number of carbonyl (C=O) groups excluding carboxylic acids is 1. The van der Waals surface area contributed by atoms with Gasteiger partial charge in [0.2, 0.25) is 0 Å².